The van der Waals surface area contributed by atoms with E-state index in [9.17, 15) is 0 Å². The fourth-order valence-corrected chi connectivity index (χ4v) is 2.58. The predicted molar refractivity (Wildman–Crippen MR) is 78.6 cm³/mol. The van der Waals surface area contributed by atoms with Crippen LogP contribution in [-0.4, -0.2) is 33.8 Å². The molecule has 0 aliphatic heterocycles. The minimum atomic E-state index is 0.282. The van der Waals surface area contributed by atoms with Gasteiger partial charge in [0.2, 0.25) is 11.2 Å². The van der Waals surface area contributed by atoms with Crippen LogP contribution in [0.1, 0.15) is 40.0 Å². The molecule has 0 spiro atoms. The molecule has 0 aliphatic rings. The molecule has 0 aromatic carbocycles. The van der Waals surface area contributed by atoms with Gasteiger partial charge in [-0.1, -0.05) is 31.5 Å². The zero-order valence-electron chi connectivity index (χ0n) is 11.3. The average Bonchev–Trinajstić information content (AvgIpc) is 2.36. The highest BCUT2D eigenvalue weighted by Gasteiger charge is 2.10. The number of unbranched alkanes of at least 4 members (excludes halogenated alkanes) is 2. The molecule has 0 bridgehead atoms. The SMILES string of the molecule is CCCCCSc1nc(Cl)nc(N(CC)CC)n1. The Bertz CT molecular complexity index is 358. The van der Waals surface area contributed by atoms with Crippen LogP contribution in [0.5, 0.6) is 0 Å². The van der Waals surface area contributed by atoms with E-state index in [1.54, 1.807) is 11.8 Å². The van der Waals surface area contributed by atoms with Crippen LogP contribution in [0.4, 0.5) is 5.95 Å². The van der Waals surface area contributed by atoms with Crippen molar-refractivity contribution in [1.29, 1.82) is 0 Å². The number of anilines is 1. The minimum Gasteiger partial charge on any atom is -0.341 e. The molecule has 1 rings (SSSR count). The molecule has 0 radical (unpaired) electrons. The van der Waals surface area contributed by atoms with Gasteiger partial charge in [0.25, 0.3) is 0 Å². The van der Waals surface area contributed by atoms with Crippen LogP contribution in [0, 0.1) is 0 Å². The molecule has 1 heterocycles. The maximum absolute atomic E-state index is 5.95. The summed E-state index contributed by atoms with van der Waals surface area (Å²) in [6.07, 6.45) is 3.66. The van der Waals surface area contributed by atoms with E-state index in [1.807, 2.05) is 0 Å². The van der Waals surface area contributed by atoms with Crippen LogP contribution in [0.15, 0.2) is 5.16 Å². The van der Waals surface area contributed by atoms with Crippen molar-refractivity contribution in [3.05, 3.63) is 5.28 Å². The first kappa shape index (κ1) is 15.5. The lowest BCUT2D eigenvalue weighted by molar-refractivity contribution is 0.769. The lowest BCUT2D eigenvalue weighted by atomic mass is 10.3. The number of hydrogen-bond donors (Lipinski definition) is 0. The highest BCUT2D eigenvalue weighted by Crippen LogP contribution is 2.19. The van der Waals surface area contributed by atoms with E-state index < -0.39 is 0 Å². The molecule has 18 heavy (non-hydrogen) atoms. The Morgan fingerprint density at radius 1 is 1.06 bits per heavy atom. The average molecular weight is 289 g/mol. The molecule has 6 heteroatoms. The first-order chi connectivity index (χ1) is 8.71. The van der Waals surface area contributed by atoms with Gasteiger partial charge in [-0.15, -0.1) is 0 Å². The van der Waals surface area contributed by atoms with Gasteiger partial charge in [0, 0.05) is 18.8 Å². The topological polar surface area (TPSA) is 41.9 Å². The van der Waals surface area contributed by atoms with Crippen LogP contribution in [-0.2, 0) is 0 Å². The molecular weight excluding hydrogens is 268 g/mol. The maximum Gasteiger partial charge on any atom is 0.230 e. The standard InChI is InChI=1S/C12H21ClN4S/c1-4-7-8-9-18-12-15-10(13)14-11(16-12)17(5-2)6-3/h4-9H2,1-3H3. The molecule has 0 fully saturated rings. The largest absolute Gasteiger partial charge is 0.341 e. The van der Waals surface area contributed by atoms with Gasteiger partial charge in [0.15, 0.2) is 5.16 Å². The van der Waals surface area contributed by atoms with Crippen molar-refractivity contribution in [2.24, 2.45) is 0 Å². The highest BCUT2D eigenvalue weighted by atomic mass is 35.5. The second-order valence-electron chi connectivity index (χ2n) is 3.91. The monoisotopic (exact) mass is 288 g/mol. The molecule has 0 aliphatic carbocycles. The number of nitrogens with zero attached hydrogens (tertiary/aromatic N) is 4. The fourth-order valence-electron chi connectivity index (χ4n) is 1.55. The van der Waals surface area contributed by atoms with Crippen LogP contribution in [0.2, 0.25) is 5.28 Å². The number of halogens is 1. The summed E-state index contributed by atoms with van der Waals surface area (Å²) in [5.41, 5.74) is 0. The molecular formula is C12H21ClN4S. The van der Waals surface area contributed by atoms with Crippen LogP contribution in [0.25, 0.3) is 0 Å². The quantitative estimate of drug-likeness (QED) is 0.539. The van der Waals surface area contributed by atoms with Crippen molar-refractivity contribution < 1.29 is 0 Å². The lowest BCUT2D eigenvalue weighted by Gasteiger charge is -2.18. The van der Waals surface area contributed by atoms with E-state index in [2.05, 4.69) is 40.6 Å². The van der Waals surface area contributed by atoms with Gasteiger partial charge < -0.3 is 4.90 Å². The van der Waals surface area contributed by atoms with Gasteiger partial charge in [-0.25, -0.2) is 0 Å². The first-order valence-corrected chi connectivity index (χ1v) is 7.86. The zero-order valence-corrected chi connectivity index (χ0v) is 12.9. The van der Waals surface area contributed by atoms with E-state index in [0.717, 1.165) is 24.0 Å². The van der Waals surface area contributed by atoms with Gasteiger partial charge >= 0.3 is 0 Å². The summed E-state index contributed by atoms with van der Waals surface area (Å²) < 4.78 is 0. The molecule has 1 aromatic heterocycles. The van der Waals surface area contributed by atoms with Crippen molar-refractivity contribution in [2.45, 2.75) is 45.2 Å². The summed E-state index contributed by atoms with van der Waals surface area (Å²) in [6.45, 7) is 8.10. The molecule has 0 saturated carbocycles. The normalized spacial score (nSPS) is 10.7. The van der Waals surface area contributed by atoms with Gasteiger partial charge in [0.05, 0.1) is 0 Å². The van der Waals surface area contributed by atoms with Crippen LogP contribution >= 0.6 is 23.4 Å². The fraction of sp³-hybridized carbons (Fsp3) is 0.750. The molecule has 0 atom stereocenters. The smallest absolute Gasteiger partial charge is 0.230 e. The van der Waals surface area contributed by atoms with Crippen molar-refractivity contribution >= 4 is 29.3 Å². The number of aromatic nitrogens is 3. The molecule has 0 N–H and O–H groups in total. The predicted octanol–water partition coefficient (Wildman–Crippen LogP) is 3.65. The summed E-state index contributed by atoms with van der Waals surface area (Å²) in [6, 6.07) is 0. The molecule has 102 valence electrons. The van der Waals surface area contributed by atoms with Crippen molar-refractivity contribution in [1.82, 2.24) is 15.0 Å². The van der Waals surface area contributed by atoms with Crippen molar-refractivity contribution in [2.75, 3.05) is 23.7 Å². The Balaban J connectivity index is 2.68. The van der Waals surface area contributed by atoms with E-state index in [0.29, 0.717) is 5.95 Å². The summed E-state index contributed by atoms with van der Waals surface area (Å²) in [7, 11) is 0. The second kappa shape index (κ2) is 8.53. The highest BCUT2D eigenvalue weighted by molar-refractivity contribution is 7.99. The third-order valence-corrected chi connectivity index (χ3v) is 3.70. The molecule has 1 aromatic rings. The number of rotatable bonds is 8. The Labute approximate surface area is 119 Å². The Morgan fingerprint density at radius 3 is 2.39 bits per heavy atom. The minimum absolute atomic E-state index is 0.282. The van der Waals surface area contributed by atoms with E-state index >= 15 is 0 Å². The second-order valence-corrected chi connectivity index (χ2v) is 5.32. The summed E-state index contributed by atoms with van der Waals surface area (Å²) >= 11 is 7.60. The summed E-state index contributed by atoms with van der Waals surface area (Å²) in [5.74, 6) is 1.71. The van der Waals surface area contributed by atoms with E-state index in [4.69, 9.17) is 11.6 Å². The van der Waals surface area contributed by atoms with E-state index in [1.165, 1.54) is 19.3 Å². The Morgan fingerprint density at radius 2 is 1.78 bits per heavy atom. The molecule has 4 nitrogen and oxygen atoms in total. The van der Waals surface area contributed by atoms with Gasteiger partial charge in [-0.3, -0.25) is 0 Å². The van der Waals surface area contributed by atoms with E-state index in [-0.39, 0.29) is 5.28 Å². The molecule has 0 unspecified atom stereocenters. The van der Waals surface area contributed by atoms with Gasteiger partial charge in [0.1, 0.15) is 0 Å². The van der Waals surface area contributed by atoms with Gasteiger partial charge in [-0.2, -0.15) is 15.0 Å². The summed E-state index contributed by atoms with van der Waals surface area (Å²) in [5, 5.41) is 1.01. The van der Waals surface area contributed by atoms with Crippen LogP contribution < -0.4 is 4.90 Å². The van der Waals surface area contributed by atoms with Crippen molar-refractivity contribution in [3.63, 3.8) is 0 Å². The third kappa shape index (κ3) is 4.98. The number of thioether (sulfide) groups is 1. The lowest BCUT2D eigenvalue weighted by Crippen LogP contribution is -2.24. The number of hydrogen-bond acceptors (Lipinski definition) is 5. The van der Waals surface area contributed by atoms with Crippen molar-refractivity contribution in [3.8, 4) is 0 Å². The summed E-state index contributed by atoms with van der Waals surface area (Å²) in [4.78, 5) is 14.9. The molecule has 0 saturated heterocycles. The Hall–Kier alpha value is -0.550. The maximum atomic E-state index is 5.95. The zero-order chi connectivity index (χ0) is 13.4. The molecule has 0 amide bonds. The first-order valence-electron chi connectivity index (χ1n) is 6.50. The third-order valence-electron chi connectivity index (χ3n) is 2.60. The van der Waals surface area contributed by atoms with Gasteiger partial charge in [-0.05, 0) is 31.9 Å². The van der Waals surface area contributed by atoms with Crippen LogP contribution in [0.3, 0.4) is 0 Å². The Kier molecular flexibility index (Phi) is 7.35.